The van der Waals surface area contributed by atoms with Crippen molar-refractivity contribution in [3.63, 3.8) is 0 Å². The zero-order valence-corrected chi connectivity index (χ0v) is 12.0. The number of nitrogens with zero attached hydrogens (tertiary/aromatic N) is 2. The minimum Gasteiger partial charge on any atom is -0.497 e. The fourth-order valence-electron chi connectivity index (χ4n) is 1.78. The first-order valence-corrected chi connectivity index (χ1v) is 6.18. The van der Waals surface area contributed by atoms with Gasteiger partial charge in [-0.1, -0.05) is 0 Å². The van der Waals surface area contributed by atoms with Gasteiger partial charge in [-0.25, -0.2) is 4.98 Å². The Morgan fingerprint density at radius 2 is 1.85 bits per heavy atom. The van der Waals surface area contributed by atoms with Crippen LogP contribution in [0.5, 0.6) is 11.5 Å². The fraction of sp³-hybridized carbons (Fsp3) is 0.286. The highest BCUT2D eigenvalue weighted by Crippen LogP contribution is 2.31. The van der Waals surface area contributed by atoms with Gasteiger partial charge in [0.05, 0.1) is 19.9 Å². The second-order valence-corrected chi connectivity index (χ2v) is 4.16. The van der Waals surface area contributed by atoms with E-state index >= 15 is 0 Å². The first-order chi connectivity index (χ1) is 9.66. The lowest BCUT2D eigenvalue weighted by Gasteiger charge is -2.13. The summed E-state index contributed by atoms with van der Waals surface area (Å²) < 4.78 is 10.5. The average molecular weight is 274 g/mol. The first-order valence-electron chi connectivity index (χ1n) is 6.18. The molecule has 0 radical (unpaired) electrons. The van der Waals surface area contributed by atoms with Gasteiger partial charge in [-0.05, 0) is 19.1 Å². The van der Waals surface area contributed by atoms with Crippen molar-refractivity contribution in [2.24, 2.45) is 0 Å². The van der Waals surface area contributed by atoms with Gasteiger partial charge < -0.3 is 20.1 Å². The Hall–Kier alpha value is -2.50. The maximum absolute atomic E-state index is 5.35. The summed E-state index contributed by atoms with van der Waals surface area (Å²) in [6, 6.07) is 7.42. The molecule has 0 atom stereocenters. The number of aryl methyl sites for hydroxylation is 1. The van der Waals surface area contributed by atoms with E-state index in [1.807, 2.05) is 31.2 Å². The molecule has 20 heavy (non-hydrogen) atoms. The summed E-state index contributed by atoms with van der Waals surface area (Å²) in [4.78, 5) is 8.60. The zero-order valence-electron chi connectivity index (χ0n) is 12.0. The van der Waals surface area contributed by atoms with Crippen molar-refractivity contribution in [1.82, 2.24) is 9.97 Å². The van der Waals surface area contributed by atoms with Gasteiger partial charge in [-0.3, -0.25) is 0 Å². The molecule has 2 N–H and O–H groups in total. The maximum Gasteiger partial charge on any atom is 0.224 e. The predicted molar refractivity (Wildman–Crippen MR) is 79.1 cm³/mol. The molecular formula is C14H18N4O2. The second-order valence-electron chi connectivity index (χ2n) is 4.16. The largest absolute Gasteiger partial charge is 0.497 e. The summed E-state index contributed by atoms with van der Waals surface area (Å²) in [5.74, 6) is 2.69. The van der Waals surface area contributed by atoms with E-state index in [0.717, 1.165) is 17.1 Å². The quantitative estimate of drug-likeness (QED) is 0.873. The SMILES string of the molecule is CNc1nc(C)cc(Nc2ccc(OC)cc2OC)n1. The molecule has 0 bridgehead atoms. The topological polar surface area (TPSA) is 68.3 Å². The number of hydrogen-bond acceptors (Lipinski definition) is 6. The number of anilines is 3. The molecule has 0 aliphatic carbocycles. The van der Waals surface area contributed by atoms with E-state index in [1.54, 1.807) is 21.3 Å². The molecule has 0 fully saturated rings. The van der Waals surface area contributed by atoms with Crippen LogP contribution in [0.15, 0.2) is 24.3 Å². The molecule has 6 nitrogen and oxygen atoms in total. The number of methoxy groups -OCH3 is 2. The van der Waals surface area contributed by atoms with Gasteiger partial charge in [0.2, 0.25) is 5.95 Å². The lowest BCUT2D eigenvalue weighted by molar-refractivity contribution is 0.395. The summed E-state index contributed by atoms with van der Waals surface area (Å²) in [5.41, 5.74) is 1.69. The van der Waals surface area contributed by atoms with E-state index in [1.165, 1.54) is 0 Å². The highest BCUT2D eigenvalue weighted by molar-refractivity contribution is 5.66. The number of hydrogen-bond donors (Lipinski definition) is 2. The number of aromatic nitrogens is 2. The Morgan fingerprint density at radius 3 is 2.50 bits per heavy atom. The predicted octanol–water partition coefficient (Wildman–Crippen LogP) is 2.59. The van der Waals surface area contributed by atoms with E-state index < -0.39 is 0 Å². The van der Waals surface area contributed by atoms with Crippen molar-refractivity contribution in [2.75, 3.05) is 31.9 Å². The molecule has 1 aromatic heterocycles. The molecule has 0 spiro atoms. The van der Waals surface area contributed by atoms with Crippen molar-refractivity contribution in [3.05, 3.63) is 30.0 Å². The smallest absolute Gasteiger partial charge is 0.224 e. The number of benzene rings is 1. The summed E-state index contributed by atoms with van der Waals surface area (Å²) >= 11 is 0. The lowest BCUT2D eigenvalue weighted by atomic mass is 10.2. The molecule has 2 aromatic rings. The molecule has 0 amide bonds. The third kappa shape index (κ3) is 3.09. The van der Waals surface area contributed by atoms with Gasteiger partial charge in [0.1, 0.15) is 17.3 Å². The maximum atomic E-state index is 5.35. The van der Waals surface area contributed by atoms with Crippen LogP contribution in [0.4, 0.5) is 17.5 Å². The highest BCUT2D eigenvalue weighted by Gasteiger charge is 2.07. The van der Waals surface area contributed by atoms with Gasteiger partial charge in [0, 0.05) is 24.9 Å². The first kappa shape index (κ1) is 13.9. The second kappa shape index (κ2) is 6.10. The van der Waals surface area contributed by atoms with E-state index in [-0.39, 0.29) is 0 Å². The van der Waals surface area contributed by atoms with E-state index in [0.29, 0.717) is 17.5 Å². The van der Waals surface area contributed by atoms with Crippen LogP contribution in [0.25, 0.3) is 0 Å². The van der Waals surface area contributed by atoms with Crippen LogP contribution in [0.2, 0.25) is 0 Å². The van der Waals surface area contributed by atoms with Crippen LogP contribution in [0.1, 0.15) is 5.69 Å². The molecule has 0 unspecified atom stereocenters. The third-order valence-corrected chi connectivity index (χ3v) is 2.75. The van der Waals surface area contributed by atoms with Gasteiger partial charge in [-0.2, -0.15) is 4.98 Å². The molecule has 2 rings (SSSR count). The van der Waals surface area contributed by atoms with Crippen molar-refractivity contribution in [3.8, 4) is 11.5 Å². The van der Waals surface area contributed by atoms with Gasteiger partial charge in [-0.15, -0.1) is 0 Å². The molecule has 1 aromatic carbocycles. The van der Waals surface area contributed by atoms with Crippen molar-refractivity contribution >= 4 is 17.5 Å². The monoisotopic (exact) mass is 274 g/mol. The average Bonchev–Trinajstić information content (AvgIpc) is 2.47. The Morgan fingerprint density at radius 1 is 1.05 bits per heavy atom. The molecule has 0 aliphatic heterocycles. The molecular weight excluding hydrogens is 256 g/mol. The van der Waals surface area contributed by atoms with Crippen molar-refractivity contribution in [1.29, 1.82) is 0 Å². The van der Waals surface area contributed by atoms with Crippen LogP contribution < -0.4 is 20.1 Å². The zero-order chi connectivity index (χ0) is 14.5. The van der Waals surface area contributed by atoms with Crippen LogP contribution in [-0.2, 0) is 0 Å². The van der Waals surface area contributed by atoms with Crippen molar-refractivity contribution in [2.45, 2.75) is 6.92 Å². The molecule has 0 saturated heterocycles. The van der Waals surface area contributed by atoms with E-state index in [4.69, 9.17) is 9.47 Å². The Bertz CT molecular complexity index is 602. The fourth-order valence-corrected chi connectivity index (χ4v) is 1.78. The van der Waals surface area contributed by atoms with Gasteiger partial charge in [0.15, 0.2) is 0 Å². The van der Waals surface area contributed by atoms with Gasteiger partial charge in [0.25, 0.3) is 0 Å². The molecule has 0 saturated carbocycles. The molecule has 106 valence electrons. The lowest BCUT2D eigenvalue weighted by Crippen LogP contribution is -2.03. The minimum atomic E-state index is 0.569. The molecule has 0 aliphatic rings. The standard InChI is InChI=1S/C14H18N4O2/c1-9-7-13(18-14(15-2)16-9)17-11-6-5-10(19-3)8-12(11)20-4/h5-8H,1-4H3,(H2,15,16,17,18). The Balaban J connectivity index is 2.31. The van der Waals surface area contributed by atoms with Crippen LogP contribution in [0.3, 0.4) is 0 Å². The Labute approximate surface area is 118 Å². The van der Waals surface area contributed by atoms with Gasteiger partial charge >= 0.3 is 0 Å². The Kier molecular flexibility index (Phi) is 4.24. The van der Waals surface area contributed by atoms with Crippen LogP contribution >= 0.6 is 0 Å². The summed E-state index contributed by atoms with van der Waals surface area (Å²) in [6.07, 6.45) is 0. The van der Waals surface area contributed by atoms with Crippen LogP contribution in [-0.4, -0.2) is 31.2 Å². The number of ether oxygens (including phenoxy) is 2. The minimum absolute atomic E-state index is 0.569. The van der Waals surface area contributed by atoms with E-state index in [2.05, 4.69) is 20.6 Å². The molecule has 6 heteroatoms. The third-order valence-electron chi connectivity index (χ3n) is 2.75. The summed E-state index contributed by atoms with van der Waals surface area (Å²) in [5, 5.41) is 6.15. The normalized spacial score (nSPS) is 10.0. The van der Waals surface area contributed by atoms with E-state index in [9.17, 15) is 0 Å². The summed E-state index contributed by atoms with van der Waals surface area (Å²) in [6.45, 7) is 1.92. The number of nitrogens with one attached hydrogen (secondary N) is 2. The molecule has 1 heterocycles. The highest BCUT2D eigenvalue weighted by atomic mass is 16.5. The van der Waals surface area contributed by atoms with Crippen molar-refractivity contribution < 1.29 is 9.47 Å². The summed E-state index contributed by atoms with van der Waals surface area (Å²) in [7, 11) is 5.02. The van der Waals surface area contributed by atoms with Crippen LogP contribution in [0, 0.1) is 6.92 Å². The number of rotatable bonds is 5.